The Balaban J connectivity index is 2.42. The number of ether oxygens (including phenoxy) is 1. The van der Waals surface area contributed by atoms with E-state index in [0.29, 0.717) is 25.4 Å². The Bertz CT molecular complexity index is 421. The minimum atomic E-state index is -0.0353. The topological polar surface area (TPSA) is 67.6 Å². The molecule has 0 fully saturated rings. The third-order valence-corrected chi connectivity index (χ3v) is 2.76. The molecule has 106 valence electrons. The van der Waals surface area contributed by atoms with Crippen molar-refractivity contribution in [2.75, 3.05) is 44.4 Å². The number of nitrogen functional groups attached to an aromatic ring is 1. The maximum absolute atomic E-state index is 11.9. The second-order valence-corrected chi connectivity index (χ2v) is 4.56. The molecular formula is C14H23N3O2. The number of likely N-dealkylation sites (N-methyl/N-ethyl adjacent to an activating group) is 1. The molecule has 19 heavy (non-hydrogen) atoms. The number of carbonyl (C=O) groups is 1. The number of aryl methyl sites for hydroxylation is 1. The van der Waals surface area contributed by atoms with Crippen LogP contribution in [0.5, 0.6) is 0 Å². The van der Waals surface area contributed by atoms with Gasteiger partial charge in [0.05, 0.1) is 13.2 Å². The summed E-state index contributed by atoms with van der Waals surface area (Å²) in [4.78, 5) is 13.8. The molecule has 0 spiro atoms. The van der Waals surface area contributed by atoms with Crippen LogP contribution in [0.25, 0.3) is 0 Å². The smallest absolute Gasteiger partial charge is 0.238 e. The fourth-order valence-electron chi connectivity index (χ4n) is 1.71. The normalized spacial score (nSPS) is 10.7. The van der Waals surface area contributed by atoms with Gasteiger partial charge in [0.2, 0.25) is 5.91 Å². The Labute approximate surface area is 114 Å². The van der Waals surface area contributed by atoms with Gasteiger partial charge in [-0.3, -0.25) is 9.69 Å². The molecule has 0 saturated heterocycles. The average molecular weight is 265 g/mol. The van der Waals surface area contributed by atoms with Gasteiger partial charge in [-0.2, -0.15) is 0 Å². The number of anilines is 2. The van der Waals surface area contributed by atoms with Gasteiger partial charge < -0.3 is 15.8 Å². The first-order valence-electron chi connectivity index (χ1n) is 6.45. The molecule has 1 amide bonds. The quantitative estimate of drug-likeness (QED) is 0.579. The molecule has 1 rings (SSSR count). The number of rotatable bonds is 7. The average Bonchev–Trinajstić information content (AvgIpc) is 2.33. The van der Waals surface area contributed by atoms with E-state index in [-0.39, 0.29) is 5.91 Å². The summed E-state index contributed by atoms with van der Waals surface area (Å²) in [5.74, 6) is -0.0353. The predicted octanol–water partition coefficient (Wildman–Crippen LogP) is 1.48. The van der Waals surface area contributed by atoms with Crippen LogP contribution in [0.2, 0.25) is 0 Å². The van der Waals surface area contributed by atoms with Crippen molar-refractivity contribution in [3.8, 4) is 0 Å². The van der Waals surface area contributed by atoms with Crippen molar-refractivity contribution in [1.29, 1.82) is 0 Å². The van der Waals surface area contributed by atoms with Crippen LogP contribution in [-0.4, -0.2) is 44.2 Å². The van der Waals surface area contributed by atoms with E-state index in [9.17, 15) is 4.79 Å². The molecule has 0 aliphatic rings. The minimum absolute atomic E-state index is 0.0353. The largest absolute Gasteiger partial charge is 0.399 e. The van der Waals surface area contributed by atoms with E-state index >= 15 is 0 Å². The lowest BCUT2D eigenvalue weighted by Gasteiger charge is -2.16. The maximum atomic E-state index is 11.9. The first-order valence-corrected chi connectivity index (χ1v) is 6.45. The summed E-state index contributed by atoms with van der Waals surface area (Å²) in [5.41, 5.74) is 8.14. The lowest BCUT2D eigenvalue weighted by molar-refractivity contribution is -0.117. The van der Waals surface area contributed by atoms with Crippen molar-refractivity contribution in [3.05, 3.63) is 23.8 Å². The Morgan fingerprint density at radius 1 is 1.47 bits per heavy atom. The zero-order chi connectivity index (χ0) is 14.3. The molecule has 0 atom stereocenters. The first-order chi connectivity index (χ1) is 9.02. The summed E-state index contributed by atoms with van der Waals surface area (Å²) < 4.78 is 5.25. The molecule has 0 aliphatic carbocycles. The highest BCUT2D eigenvalue weighted by Crippen LogP contribution is 2.17. The van der Waals surface area contributed by atoms with Crippen LogP contribution in [0.1, 0.15) is 12.5 Å². The van der Waals surface area contributed by atoms with Gasteiger partial charge in [-0.1, -0.05) is 0 Å². The molecule has 0 saturated carbocycles. The van der Waals surface area contributed by atoms with E-state index in [1.165, 1.54) is 0 Å². The fraction of sp³-hybridized carbons (Fsp3) is 0.500. The second-order valence-electron chi connectivity index (χ2n) is 4.56. The second kappa shape index (κ2) is 7.76. The number of nitrogens with one attached hydrogen (secondary N) is 1. The van der Waals surface area contributed by atoms with Gasteiger partial charge in [-0.25, -0.2) is 0 Å². The number of amides is 1. The van der Waals surface area contributed by atoms with Crippen LogP contribution in [0.4, 0.5) is 11.4 Å². The molecule has 5 nitrogen and oxygen atoms in total. The number of hydrogen-bond donors (Lipinski definition) is 2. The Hall–Kier alpha value is -1.59. The molecule has 1 aromatic carbocycles. The van der Waals surface area contributed by atoms with E-state index in [4.69, 9.17) is 10.5 Å². The number of hydrogen-bond acceptors (Lipinski definition) is 4. The molecule has 3 N–H and O–H groups in total. The van der Waals surface area contributed by atoms with E-state index in [1.807, 2.05) is 37.9 Å². The molecule has 0 heterocycles. The zero-order valence-corrected chi connectivity index (χ0v) is 11.9. The summed E-state index contributed by atoms with van der Waals surface area (Å²) in [6.45, 7) is 6.30. The minimum Gasteiger partial charge on any atom is -0.399 e. The summed E-state index contributed by atoms with van der Waals surface area (Å²) in [6.07, 6.45) is 0. The van der Waals surface area contributed by atoms with Crippen molar-refractivity contribution in [3.63, 3.8) is 0 Å². The van der Waals surface area contributed by atoms with Gasteiger partial charge in [-0.05, 0) is 44.7 Å². The molecular weight excluding hydrogens is 242 g/mol. The van der Waals surface area contributed by atoms with Crippen LogP contribution in [-0.2, 0) is 9.53 Å². The lowest BCUT2D eigenvalue weighted by atomic mass is 10.2. The standard InChI is InChI=1S/C14H23N3O2/c1-4-19-8-7-17(3)10-14(18)16-13-6-5-12(15)9-11(13)2/h5-6,9H,4,7-8,10,15H2,1-3H3,(H,16,18). The molecule has 0 aromatic heterocycles. The summed E-state index contributed by atoms with van der Waals surface area (Å²) >= 11 is 0. The molecule has 0 bridgehead atoms. The Kier molecular flexibility index (Phi) is 6.32. The van der Waals surface area contributed by atoms with Gasteiger partial charge in [0.25, 0.3) is 0 Å². The van der Waals surface area contributed by atoms with Crippen LogP contribution in [0.3, 0.4) is 0 Å². The maximum Gasteiger partial charge on any atom is 0.238 e. The SMILES string of the molecule is CCOCCN(C)CC(=O)Nc1ccc(N)cc1C. The molecule has 0 aliphatic heterocycles. The van der Waals surface area contributed by atoms with Gasteiger partial charge in [0.1, 0.15) is 0 Å². The van der Waals surface area contributed by atoms with E-state index in [0.717, 1.165) is 17.8 Å². The van der Waals surface area contributed by atoms with Gasteiger partial charge in [0, 0.05) is 24.5 Å². The highest BCUT2D eigenvalue weighted by molar-refractivity contribution is 5.93. The first kappa shape index (κ1) is 15.5. The van der Waals surface area contributed by atoms with Crippen molar-refractivity contribution < 1.29 is 9.53 Å². The van der Waals surface area contributed by atoms with Gasteiger partial charge in [0.15, 0.2) is 0 Å². The van der Waals surface area contributed by atoms with Crippen molar-refractivity contribution in [1.82, 2.24) is 4.90 Å². The summed E-state index contributed by atoms with van der Waals surface area (Å²) in [5, 5.41) is 2.88. The highest BCUT2D eigenvalue weighted by Gasteiger charge is 2.08. The monoisotopic (exact) mass is 265 g/mol. The Morgan fingerprint density at radius 3 is 2.84 bits per heavy atom. The predicted molar refractivity (Wildman–Crippen MR) is 78.2 cm³/mol. The molecule has 1 aromatic rings. The third-order valence-electron chi connectivity index (χ3n) is 2.76. The number of nitrogens with zero attached hydrogens (tertiary/aromatic N) is 1. The van der Waals surface area contributed by atoms with Crippen LogP contribution >= 0.6 is 0 Å². The van der Waals surface area contributed by atoms with Crippen LogP contribution in [0.15, 0.2) is 18.2 Å². The van der Waals surface area contributed by atoms with Crippen molar-refractivity contribution >= 4 is 17.3 Å². The van der Waals surface area contributed by atoms with Crippen LogP contribution in [0, 0.1) is 6.92 Å². The van der Waals surface area contributed by atoms with Gasteiger partial charge in [-0.15, -0.1) is 0 Å². The van der Waals surface area contributed by atoms with E-state index < -0.39 is 0 Å². The van der Waals surface area contributed by atoms with Crippen molar-refractivity contribution in [2.24, 2.45) is 0 Å². The van der Waals surface area contributed by atoms with Crippen LogP contribution < -0.4 is 11.1 Å². The number of benzene rings is 1. The zero-order valence-electron chi connectivity index (χ0n) is 11.9. The summed E-state index contributed by atoms with van der Waals surface area (Å²) in [7, 11) is 1.90. The van der Waals surface area contributed by atoms with E-state index in [1.54, 1.807) is 6.07 Å². The fourth-order valence-corrected chi connectivity index (χ4v) is 1.71. The van der Waals surface area contributed by atoms with Gasteiger partial charge >= 0.3 is 0 Å². The molecule has 0 unspecified atom stereocenters. The van der Waals surface area contributed by atoms with E-state index in [2.05, 4.69) is 5.32 Å². The number of carbonyl (C=O) groups excluding carboxylic acids is 1. The number of nitrogens with two attached hydrogens (primary N) is 1. The third kappa shape index (κ3) is 5.72. The Morgan fingerprint density at radius 2 is 2.21 bits per heavy atom. The molecule has 5 heteroatoms. The summed E-state index contributed by atoms with van der Waals surface area (Å²) in [6, 6.07) is 5.44. The lowest BCUT2D eigenvalue weighted by Crippen LogP contribution is -2.32. The van der Waals surface area contributed by atoms with Crippen molar-refractivity contribution in [2.45, 2.75) is 13.8 Å². The highest BCUT2D eigenvalue weighted by atomic mass is 16.5. The molecule has 0 radical (unpaired) electrons.